The van der Waals surface area contributed by atoms with Gasteiger partial charge in [0.2, 0.25) is 5.88 Å². The fourth-order valence-corrected chi connectivity index (χ4v) is 2.90. The number of methoxy groups -OCH3 is 1. The Balaban J connectivity index is 0.000000963. The molecule has 3 rings (SSSR count). The minimum Gasteiger partial charge on any atom is -0.481 e. The lowest BCUT2D eigenvalue weighted by molar-refractivity contribution is 0.392. The SMILES string of the molecule is COc1cccc(C2CC3CCC2N3)n1.Cl. The van der Waals surface area contributed by atoms with E-state index < -0.39 is 0 Å². The highest BCUT2D eigenvalue weighted by atomic mass is 35.5. The monoisotopic (exact) mass is 240 g/mol. The zero-order valence-electron chi connectivity index (χ0n) is 9.35. The number of aromatic nitrogens is 1. The van der Waals surface area contributed by atoms with Crippen LogP contribution >= 0.6 is 12.4 Å². The second-order valence-electron chi connectivity index (χ2n) is 4.49. The molecule has 88 valence electrons. The molecule has 3 nitrogen and oxygen atoms in total. The van der Waals surface area contributed by atoms with E-state index in [2.05, 4.69) is 16.4 Å². The largest absolute Gasteiger partial charge is 0.481 e. The van der Waals surface area contributed by atoms with Crippen molar-refractivity contribution in [3.8, 4) is 5.88 Å². The first-order valence-electron chi connectivity index (χ1n) is 5.64. The zero-order chi connectivity index (χ0) is 10.3. The van der Waals surface area contributed by atoms with E-state index in [1.54, 1.807) is 7.11 Å². The van der Waals surface area contributed by atoms with Gasteiger partial charge in [0, 0.05) is 29.8 Å². The first kappa shape index (κ1) is 11.7. The third kappa shape index (κ3) is 1.89. The quantitative estimate of drug-likeness (QED) is 0.860. The van der Waals surface area contributed by atoms with E-state index >= 15 is 0 Å². The summed E-state index contributed by atoms with van der Waals surface area (Å²) >= 11 is 0. The average molecular weight is 241 g/mol. The molecule has 0 radical (unpaired) electrons. The van der Waals surface area contributed by atoms with E-state index in [1.807, 2.05) is 12.1 Å². The second kappa shape index (κ2) is 4.60. The molecule has 2 aliphatic heterocycles. The van der Waals surface area contributed by atoms with Crippen LogP contribution in [-0.2, 0) is 0 Å². The summed E-state index contributed by atoms with van der Waals surface area (Å²) < 4.78 is 5.16. The number of rotatable bonds is 2. The van der Waals surface area contributed by atoms with Crippen LogP contribution in [0.5, 0.6) is 5.88 Å². The van der Waals surface area contributed by atoms with Crippen molar-refractivity contribution in [1.82, 2.24) is 10.3 Å². The van der Waals surface area contributed by atoms with Gasteiger partial charge < -0.3 is 10.1 Å². The minimum absolute atomic E-state index is 0. The Kier molecular flexibility index (Phi) is 3.36. The molecule has 0 saturated carbocycles. The molecule has 16 heavy (non-hydrogen) atoms. The number of nitrogens with zero attached hydrogens (tertiary/aromatic N) is 1. The van der Waals surface area contributed by atoms with E-state index in [0.717, 1.165) is 11.9 Å². The van der Waals surface area contributed by atoms with E-state index in [0.29, 0.717) is 12.0 Å². The molecule has 3 unspecified atom stereocenters. The van der Waals surface area contributed by atoms with E-state index in [1.165, 1.54) is 25.0 Å². The van der Waals surface area contributed by atoms with Crippen LogP contribution in [0.2, 0.25) is 0 Å². The Hall–Kier alpha value is -0.800. The van der Waals surface area contributed by atoms with Gasteiger partial charge in [0.05, 0.1) is 7.11 Å². The van der Waals surface area contributed by atoms with Gasteiger partial charge in [0.1, 0.15) is 0 Å². The lowest BCUT2D eigenvalue weighted by Crippen LogP contribution is -2.22. The van der Waals surface area contributed by atoms with Gasteiger partial charge in [-0.25, -0.2) is 4.98 Å². The normalized spacial score (nSPS) is 31.2. The molecular weight excluding hydrogens is 224 g/mol. The van der Waals surface area contributed by atoms with Gasteiger partial charge in [-0.2, -0.15) is 0 Å². The first-order valence-corrected chi connectivity index (χ1v) is 5.64. The lowest BCUT2D eigenvalue weighted by atomic mass is 9.86. The summed E-state index contributed by atoms with van der Waals surface area (Å²) in [6.07, 6.45) is 3.88. The fourth-order valence-electron chi connectivity index (χ4n) is 2.90. The Morgan fingerprint density at radius 1 is 1.38 bits per heavy atom. The molecule has 1 aromatic rings. The van der Waals surface area contributed by atoms with Gasteiger partial charge in [0.25, 0.3) is 0 Å². The summed E-state index contributed by atoms with van der Waals surface area (Å²) in [6.45, 7) is 0. The standard InChI is InChI=1S/C12H16N2O.ClH/c1-15-12-4-2-3-10(14-12)9-7-8-5-6-11(9)13-8;/h2-4,8-9,11,13H,5-7H2,1H3;1H. The van der Waals surface area contributed by atoms with Gasteiger partial charge in [0.15, 0.2) is 0 Å². The van der Waals surface area contributed by atoms with Crippen molar-refractivity contribution in [2.45, 2.75) is 37.3 Å². The van der Waals surface area contributed by atoms with Crippen LogP contribution in [0.4, 0.5) is 0 Å². The molecule has 0 spiro atoms. The summed E-state index contributed by atoms with van der Waals surface area (Å²) in [7, 11) is 1.67. The molecule has 3 atom stereocenters. The third-order valence-corrected chi connectivity index (χ3v) is 3.63. The maximum atomic E-state index is 5.16. The van der Waals surface area contributed by atoms with E-state index in [4.69, 9.17) is 4.74 Å². The molecule has 1 aromatic heterocycles. The minimum atomic E-state index is 0. The molecule has 1 N–H and O–H groups in total. The molecular formula is C12H17ClN2O. The number of halogens is 1. The van der Waals surface area contributed by atoms with Gasteiger partial charge >= 0.3 is 0 Å². The lowest BCUT2D eigenvalue weighted by Gasteiger charge is -2.19. The second-order valence-corrected chi connectivity index (χ2v) is 4.49. The van der Waals surface area contributed by atoms with Crippen LogP contribution in [0, 0.1) is 0 Å². The number of hydrogen-bond acceptors (Lipinski definition) is 3. The van der Waals surface area contributed by atoms with Crippen LogP contribution in [0.25, 0.3) is 0 Å². The van der Waals surface area contributed by atoms with Crippen LogP contribution in [0.1, 0.15) is 30.9 Å². The Labute approximate surface area is 102 Å². The maximum Gasteiger partial charge on any atom is 0.213 e. The van der Waals surface area contributed by atoms with Gasteiger partial charge in [-0.05, 0) is 25.3 Å². The summed E-state index contributed by atoms with van der Waals surface area (Å²) in [6, 6.07) is 7.44. The highest BCUT2D eigenvalue weighted by molar-refractivity contribution is 5.85. The van der Waals surface area contributed by atoms with Crippen molar-refractivity contribution in [2.75, 3.05) is 7.11 Å². The zero-order valence-corrected chi connectivity index (χ0v) is 10.2. The number of ether oxygens (including phenoxy) is 1. The third-order valence-electron chi connectivity index (χ3n) is 3.63. The van der Waals surface area contributed by atoms with Crippen LogP contribution in [0.15, 0.2) is 18.2 Å². The Morgan fingerprint density at radius 2 is 2.25 bits per heavy atom. The van der Waals surface area contributed by atoms with Crippen LogP contribution < -0.4 is 10.1 Å². The molecule has 0 aliphatic carbocycles. The van der Waals surface area contributed by atoms with E-state index in [-0.39, 0.29) is 12.4 Å². The number of fused-ring (bicyclic) bond motifs is 2. The molecule has 0 aromatic carbocycles. The van der Waals surface area contributed by atoms with Crippen LogP contribution in [-0.4, -0.2) is 24.2 Å². The number of nitrogens with one attached hydrogen (secondary N) is 1. The molecule has 3 heterocycles. The molecule has 0 amide bonds. The first-order chi connectivity index (χ1) is 7.36. The number of hydrogen-bond donors (Lipinski definition) is 1. The van der Waals surface area contributed by atoms with Crippen molar-refractivity contribution in [1.29, 1.82) is 0 Å². The van der Waals surface area contributed by atoms with Gasteiger partial charge in [-0.3, -0.25) is 0 Å². The highest BCUT2D eigenvalue weighted by Gasteiger charge is 2.40. The molecule has 4 heteroatoms. The molecule has 2 aliphatic rings. The Bertz CT molecular complexity index is 372. The fraction of sp³-hybridized carbons (Fsp3) is 0.583. The van der Waals surface area contributed by atoms with Crippen molar-refractivity contribution < 1.29 is 4.74 Å². The van der Waals surface area contributed by atoms with Gasteiger partial charge in [-0.15, -0.1) is 12.4 Å². The van der Waals surface area contributed by atoms with Crippen molar-refractivity contribution in [2.24, 2.45) is 0 Å². The van der Waals surface area contributed by atoms with Crippen molar-refractivity contribution >= 4 is 12.4 Å². The number of pyridine rings is 1. The molecule has 2 fully saturated rings. The van der Waals surface area contributed by atoms with E-state index in [9.17, 15) is 0 Å². The highest BCUT2D eigenvalue weighted by Crippen LogP contribution is 2.39. The van der Waals surface area contributed by atoms with Gasteiger partial charge in [-0.1, -0.05) is 6.07 Å². The molecule has 2 saturated heterocycles. The maximum absolute atomic E-state index is 5.16. The summed E-state index contributed by atoms with van der Waals surface area (Å²) in [5.41, 5.74) is 1.19. The topological polar surface area (TPSA) is 34.1 Å². The van der Waals surface area contributed by atoms with Crippen LogP contribution in [0.3, 0.4) is 0 Å². The predicted octanol–water partition coefficient (Wildman–Crippen LogP) is 2.12. The smallest absolute Gasteiger partial charge is 0.213 e. The Morgan fingerprint density at radius 3 is 2.88 bits per heavy atom. The van der Waals surface area contributed by atoms with Crippen molar-refractivity contribution in [3.05, 3.63) is 23.9 Å². The summed E-state index contributed by atoms with van der Waals surface area (Å²) in [4.78, 5) is 4.53. The van der Waals surface area contributed by atoms with Crippen molar-refractivity contribution in [3.63, 3.8) is 0 Å². The predicted molar refractivity (Wildman–Crippen MR) is 65.3 cm³/mol. The molecule has 2 bridgehead atoms. The average Bonchev–Trinajstić information content (AvgIpc) is 2.91. The summed E-state index contributed by atoms with van der Waals surface area (Å²) in [5.74, 6) is 1.33. The summed E-state index contributed by atoms with van der Waals surface area (Å²) in [5, 5.41) is 3.63.